The molecule has 0 unspecified atom stereocenters. The van der Waals surface area contributed by atoms with Gasteiger partial charge in [-0.25, -0.2) is 18.0 Å². The molecule has 0 aliphatic heterocycles. The van der Waals surface area contributed by atoms with Crippen molar-refractivity contribution in [2.24, 2.45) is 0 Å². The Hall–Kier alpha value is -3.20. The van der Waals surface area contributed by atoms with Crippen LogP contribution in [-0.4, -0.2) is 40.4 Å². The molecule has 27 heavy (non-hydrogen) atoms. The maximum atomic E-state index is 12.8. The van der Waals surface area contributed by atoms with E-state index in [9.17, 15) is 22.8 Å². The van der Waals surface area contributed by atoms with Gasteiger partial charge in [-0.05, 0) is 37.3 Å². The molecule has 0 aromatic heterocycles. The van der Waals surface area contributed by atoms with E-state index in [4.69, 9.17) is 0 Å². The highest BCUT2D eigenvalue weighted by atomic mass is 32.2. The van der Waals surface area contributed by atoms with Gasteiger partial charge in [-0.2, -0.15) is 0 Å². The van der Waals surface area contributed by atoms with Crippen LogP contribution in [0.25, 0.3) is 0 Å². The van der Waals surface area contributed by atoms with Crippen LogP contribution in [0.3, 0.4) is 0 Å². The zero-order valence-electron chi connectivity index (χ0n) is 14.8. The Kier molecular flexibility index (Phi) is 5.96. The summed E-state index contributed by atoms with van der Waals surface area (Å²) >= 11 is 0. The van der Waals surface area contributed by atoms with Crippen LogP contribution < -0.4 is 4.72 Å². The number of methoxy groups -OCH3 is 2. The Bertz CT molecular complexity index is 978. The molecule has 0 radical (unpaired) electrons. The maximum absolute atomic E-state index is 12.8. The zero-order chi connectivity index (χ0) is 20.2. The first-order valence-corrected chi connectivity index (χ1v) is 9.12. The molecule has 2 aromatic rings. The molecule has 0 amide bonds. The Balaban J connectivity index is 2.56. The van der Waals surface area contributed by atoms with E-state index in [1.54, 1.807) is 12.1 Å². The highest BCUT2D eigenvalue weighted by Gasteiger charge is 2.22. The molecule has 0 aliphatic rings. The number of benzene rings is 2. The topological polar surface area (TPSA) is 116 Å². The minimum Gasteiger partial charge on any atom is -0.465 e. The van der Waals surface area contributed by atoms with Crippen LogP contribution in [0.15, 0.2) is 47.4 Å². The number of para-hydroxylation sites is 1. The van der Waals surface area contributed by atoms with Crippen molar-refractivity contribution in [3.05, 3.63) is 59.2 Å². The standard InChI is InChI=1S/C18H17NO7S/c1-11(20)15-6-4-5-7-16(15)19-27(23,24)14-9-12(17(21)25-2)8-13(10-14)18(22)26-3/h4-10,19H,1-3H3. The summed E-state index contributed by atoms with van der Waals surface area (Å²) in [5.74, 6) is -1.96. The van der Waals surface area contributed by atoms with Crippen LogP contribution in [0.2, 0.25) is 0 Å². The predicted molar refractivity (Wildman–Crippen MR) is 96.4 cm³/mol. The van der Waals surface area contributed by atoms with Gasteiger partial charge >= 0.3 is 11.9 Å². The highest BCUT2D eigenvalue weighted by molar-refractivity contribution is 7.92. The first-order valence-electron chi connectivity index (χ1n) is 7.64. The van der Waals surface area contributed by atoms with Crippen molar-refractivity contribution in [1.29, 1.82) is 0 Å². The van der Waals surface area contributed by atoms with Gasteiger partial charge < -0.3 is 9.47 Å². The van der Waals surface area contributed by atoms with Crippen molar-refractivity contribution in [3.63, 3.8) is 0 Å². The fourth-order valence-corrected chi connectivity index (χ4v) is 3.46. The molecule has 0 fully saturated rings. The number of ketones is 1. The Morgan fingerprint density at radius 3 is 1.89 bits per heavy atom. The van der Waals surface area contributed by atoms with Gasteiger partial charge in [-0.1, -0.05) is 12.1 Å². The molecule has 2 rings (SSSR count). The van der Waals surface area contributed by atoms with Crippen LogP contribution in [0, 0.1) is 0 Å². The number of esters is 2. The first kappa shape index (κ1) is 20.1. The lowest BCUT2D eigenvalue weighted by Crippen LogP contribution is -2.17. The van der Waals surface area contributed by atoms with Crippen molar-refractivity contribution < 1.29 is 32.3 Å². The van der Waals surface area contributed by atoms with Gasteiger partial charge in [0.2, 0.25) is 0 Å². The van der Waals surface area contributed by atoms with Crippen LogP contribution in [-0.2, 0) is 19.5 Å². The Labute approximate surface area is 156 Å². The highest BCUT2D eigenvalue weighted by Crippen LogP contribution is 2.23. The molecule has 0 bridgehead atoms. The van der Waals surface area contributed by atoms with E-state index in [0.717, 1.165) is 26.4 Å². The maximum Gasteiger partial charge on any atom is 0.337 e. The molecule has 9 heteroatoms. The molecule has 0 atom stereocenters. The molecule has 1 N–H and O–H groups in total. The smallest absolute Gasteiger partial charge is 0.337 e. The third-order valence-corrected chi connectivity index (χ3v) is 4.95. The number of ether oxygens (including phenoxy) is 2. The van der Waals surface area contributed by atoms with Crippen LogP contribution in [0.1, 0.15) is 38.0 Å². The average molecular weight is 391 g/mol. The van der Waals surface area contributed by atoms with Crippen molar-refractivity contribution in [3.8, 4) is 0 Å². The summed E-state index contributed by atoms with van der Waals surface area (Å²) in [7, 11) is -1.96. The third kappa shape index (κ3) is 4.50. The van der Waals surface area contributed by atoms with E-state index < -0.39 is 22.0 Å². The van der Waals surface area contributed by atoms with Crippen molar-refractivity contribution in [2.45, 2.75) is 11.8 Å². The van der Waals surface area contributed by atoms with E-state index in [1.807, 2.05) is 0 Å². The fraction of sp³-hybridized carbons (Fsp3) is 0.167. The van der Waals surface area contributed by atoms with Gasteiger partial charge in [0.25, 0.3) is 10.0 Å². The second kappa shape index (κ2) is 8.00. The SMILES string of the molecule is COC(=O)c1cc(C(=O)OC)cc(S(=O)(=O)Nc2ccccc2C(C)=O)c1. The zero-order valence-corrected chi connectivity index (χ0v) is 15.6. The van der Waals surface area contributed by atoms with E-state index in [-0.39, 0.29) is 33.1 Å². The molecule has 0 aliphatic carbocycles. The number of sulfonamides is 1. The van der Waals surface area contributed by atoms with E-state index >= 15 is 0 Å². The Morgan fingerprint density at radius 2 is 1.41 bits per heavy atom. The number of Topliss-reactive ketones (excluding diaryl/α,β-unsaturated/α-hetero) is 1. The van der Waals surface area contributed by atoms with Crippen LogP contribution in [0.4, 0.5) is 5.69 Å². The number of rotatable bonds is 6. The molecule has 0 saturated carbocycles. The lowest BCUT2D eigenvalue weighted by molar-refractivity contribution is 0.0598. The summed E-state index contributed by atoms with van der Waals surface area (Å²) in [4.78, 5) is 35.0. The summed E-state index contributed by atoms with van der Waals surface area (Å²) in [6, 6.07) is 9.37. The van der Waals surface area contributed by atoms with Gasteiger partial charge in [0.05, 0.1) is 35.9 Å². The summed E-state index contributed by atoms with van der Waals surface area (Å²) in [6.45, 7) is 1.31. The van der Waals surface area contributed by atoms with Crippen molar-refractivity contribution in [2.75, 3.05) is 18.9 Å². The number of carbonyl (C=O) groups excluding carboxylic acids is 3. The van der Waals surface area contributed by atoms with Gasteiger partial charge in [0, 0.05) is 5.56 Å². The fourth-order valence-electron chi connectivity index (χ4n) is 2.31. The number of hydrogen-bond acceptors (Lipinski definition) is 7. The molecule has 142 valence electrons. The van der Waals surface area contributed by atoms with E-state index in [1.165, 1.54) is 25.1 Å². The summed E-state index contributed by atoms with van der Waals surface area (Å²) in [6.07, 6.45) is 0. The lowest BCUT2D eigenvalue weighted by Gasteiger charge is -2.13. The average Bonchev–Trinajstić information content (AvgIpc) is 2.66. The van der Waals surface area contributed by atoms with Crippen molar-refractivity contribution in [1.82, 2.24) is 0 Å². The minimum atomic E-state index is -4.22. The summed E-state index contributed by atoms with van der Waals surface area (Å²) in [5.41, 5.74) is -0.0206. The summed E-state index contributed by atoms with van der Waals surface area (Å²) in [5, 5.41) is 0. The monoisotopic (exact) mass is 391 g/mol. The van der Waals surface area contributed by atoms with Crippen LogP contribution in [0.5, 0.6) is 0 Å². The lowest BCUT2D eigenvalue weighted by atomic mass is 10.1. The normalized spacial score (nSPS) is 10.8. The predicted octanol–water partition coefficient (Wildman–Crippen LogP) is 2.26. The molecule has 2 aromatic carbocycles. The largest absolute Gasteiger partial charge is 0.465 e. The third-order valence-electron chi connectivity index (χ3n) is 3.61. The summed E-state index contributed by atoms with van der Waals surface area (Å²) < 4.78 is 37.0. The molecule has 0 heterocycles. The number of carbonyl (C=O) groups is 3. The Morgan fingerprint density at radius 1 is 0.889 bits per heavy atom. The van der Waals surface area contributed by atoms with E-state index in [0.29, 0.717) is 0 Å². The number of hydrogen-bond donors (Lipinski definition) is 1. The van der Waals surface area contributed by atoms with Gasteiger partial charge in [-0.15, -0.1) is 0 Å². The number of anilines is 1. The number of nitrogens with one attached hydrogen (secondary N) is 1. The van der Waals surface area contributed by atoms with Gasteiger partial charge in [0.1, 0.15) is 0 Å². The molecular weight excluding hydrogens is 374 g/mol. The van der Waals surface area contributed by atoms with Gasteiger partial charge in [-0.3, -0.25) is 9.52 Å². The second-order valence-electron chi connectivity index (χ2n) is 5.44. The van der Waals surface area contributed by atoms with Gasteiger partial charge in [0.15, 0.2) is 5.78 Å². The first-order chi connectivity index (χ1) is 12.7. The second-order valence-corrected chi connectivity index (χ2v) is 7.12. The van der Waals surface area contributed by atoms with E-state index in [2.05, 4.69) is 14.2 Å². The molecule has 0 spiro atoms. The van der Waals surface area contributed by atoms with Crippen molar-refractivity contribution >= 4 is 33.4 Å². The molecule has 8 nitrogen and oxygen atoms in total. The quantitative estimate of drug-likeness (QED) is 0.593. The van der Waals surface area contributed by atoms with Crippen LogP contribution >= 0.6 is 0 Å². The minimum absolute atomic E-state index is 0.0769. The molecular formula is C18H17NO7S. The molecule has 0 saturated heterocycles.